The Hall–Kier alpha value is -1.29. The van der Waals surface area contributed by atoms with Crippen LogP contribution in [0.4, 0.5) is 0 Å². The minimum absolute atomic E-state index is 0.220. The summed E-state index contributed by atoms with van der Waals surface area (Å²) in [5, 5.41) is 3.31. The van der Waals surface area contributed by atoms with Crippen LogP contribution in [0.5, 0.6) is 0 Å². The third kappa shape index (κ3) is 2.04. The highest BCUT2D eigenvalue weighted by atomic mass is 16.5. The van der Waals surface area contributed by atoms with Crippen LogP contribution in [0.1, 0.15) is 24.6 Å². The maximum Gasteiger partial charge on any atom is 0.0946 e. The van der Waals surface area contributed by atoms with E-state index in [1.54, 1.807) is 0 Å². The predicted molar refractivity (Wildman–Crippen MR) is 58.3 cm³/mol. The summed E-state index contributed by atoms with van der Waals surface area (Å²) < 4.78 is 7.41. The van der Waals surface area contributed by atoms with Gasteiger partial charge in [0.15, 0.2) is 0 Å². The number of hydrogen-bond acceptors (Lipinski definition) is 3. The minimum atomic E-state index is 0.220. The summed E-state index contributed by atoms with van der Waals surface area (Å²) in [7, 11) is 3.98. The maximum absolute atomic E-state index is 5.37. The average Bonchev–Trinajstić information content (AvgIpc) is 2.68. The van der Waals surface area contributed by atoms with Crippen LogP contribution >= 0.6 is 0 Å². The van der Waals surface area contributed by atoms with Crippen LogP contribution < -0.4 is 5.32 Å². The lowest BCUT2D eigenvalue weighted by molar-refractivity contribution is 0.219. The van der Waals surface area contributed by atoms with Crippen LogP contribution in [0.2, 0.25) is 0 Å². The lowest BCUT2D eigenvalue weighted by atomic mass is 10.00. The molecular formula is C11H17N3O. The standard InChI is InChI=1S/C11H17N3O/c1-12-11(9-4-3-5-15-7-9)10-6-13-8-14(10)2/h6-8,11-12H,3-5H2,1-2H3. The van der Waals surface area contributed by atoms with Gasteiger partial charge in [-0.15, -0.1) is 0 Å². The van der Waals surface area contributed by atoms with E-state index in [0.29, 0.717) is 0 Å². The molecule has 15 heavy (non-hydrogen) atoms. The molecule has 82 valence electrons. The second-order valence-corrected chi connectivity index (χ2v) is 3.82. The third-order valence-electron chi connectivity index (χ3n) is 2.77. The molecule has 1 atom stereocenters. The van der Waals surface area contributed by atoms with Crippen LogP contribution in [-0.4, -0.2) is 23.2 Å². The fourth-order valence-corrected chi connectivity index (χ4v) is 1.97. The largest absolute Gasteiger partial charge is 0.501 e. The molecule has 0 saturated heterocycles. The smallest absolute Gasteiger partial charge is 0.0946 e. The number of likely N-dealkylation sites (N-methyl/N-ethyl adjacent to an activating group) is 1. The molecule has 1 aromatic rings. The van der Waals surface area contributed by atoms with Crippen molar-refractivity contribution in [3.05, 3.63) is 30.1 Å². The Labute approximate surface area is 90.0 Å². The van der Waals surface area contributed by atoms with Crippen LogP contribution in [0.25, 0.3) is 0 Å². The van der Waals surface area contributed by atoms with Gasteiger partial charge in [-0.1, -0.05) is 0 Å². The third-order valence-corrected chi connectivity index (χ3v) is 2.77. The molecule has 1 unspecified atom stereocenters. The Balaban J connectivity index is 2.24. The van der Waals surface area contributed by atoms with E-state index in [-0.39, 0.29) is 6.04 Å². The Kier molecular flexibility index (Phi) is 3.06. The number of aryl methyl sites for hydroxylation is 1. The van der Waals surface area contributed by atoms with Gasteiger partial charge in [0.25, 0.3) is 0 Å². The van der Waals surface area contributed by atoms with Crippen LogP contribution in [-0.2, 0) is 11.8 Å². The highest BCUT2D eigenvalue weighted by Gasteiger charge is 2.19. The van der Waals surface area contributed by atoms with E-state index in [1.807, 2.05) is 37.4 Å². The fourth-order valence-electron chi connectivity index (χ4n) is 1.97. The van der Waals surface area contributed by atoms with E-state index in [9.17, 15) is 0 Å². The van der Waals surface area contributed by atoms with Crippen molar-refractivity contribution in [2.45, 2.75) is 18.9 Å². The predicted octanol–water partition coefficient (Wildman–Crippen LogP) is 1.37. The number of nitrogens with zero attached hydrogens (tertiary/aromatic N) is 2. The molecule has 4 nitrogen and oxygen atoms in total. The molecule has 0 amide bonds. The van der Waals surface area contributed by atoms with E-state index in [0.717, 1.165) is 19.4 Å². The van der Waals surface area contributed by atoms with E-state index in [2.05, 4.69) is 10.3 Å². The fraction of sp³-hybridized carbons (Fsp3) is 0.545. The Morgan fingerprint density at radius 2 is 2.47 bits per heavy atom. The molecule has 0 aliphatic carbocycles. The van der Waals surface area contributed by atoms with Gasteiger partial charge in [0.05, 0.1) is 37.1 Å². The summed E-state index contributed by atoms with van der Waals surface area (Å²) in [6.45, 7) is 0.839. The molecule has 1 aromatic heterocycles. The molecule has 0 saturated carbocycles. The first-order valence-corrected chi connectivity index (χ1v) is 5.27. The van der Waals surface area contributed by atoms with Gasteiger partial charge in [0.1, 0.15) is 0 Å². The topological polar surface area (TPSA) is 39.1 Å². The van der Waals surface area contributed by atoms with E-state index < -0.39 is 0 Å². The zero-order chi connectivity index (χ0) is 10.7. The summed E-state index contributed by atoms with van der Waals surface area (Å²) in [4.78, 5) is 4.14. The van der Waals surface area contributed by atoms with Crippen molar-refractivity contribution < 1.29 is 4.74 Å². The highest BCUT2D eigenvalue weighted by molar-refractivity contribution is 5.21. The lowest BCUT2D eigenvalue weighted by Crippen LogP contribution is -2.22. The summed E-state index contributed by atoms with van der Waals surface area (Å²) >= 11 is 0. The van der Waals surface area contributed by atoms with Crippen molar-refractivity contribution in [2.24, 2.45) is 7.05 Å². The molecule has 0 bridgehead atoms. The molecular weight excluding hydrogens is 190 g/mol. The molecule has 2 rings (SSSR count). The van der Waals surface area contributed by atoms with Gasteiger partial charge in [-0.3, -0.25) is 0 Å². The van der Waals surface area contributed by atoms with Crippen molar-refractivity contribution in [3.63, 3.8) is 0 Å². The number of imidazole rings is 1. The number of rotatable bonds is 3. The second kappa shape index (κ2) is 4.49. The molecule has 1 aliphatic rings. The zero-order valence-corrected chi connectivity index (χ0v) is 9.23. The van der Waals surface area contributed by atoms with Gasteiger partial charge in [0, 0.05) is 7.05 Å². The van der Waals surface area contributed by atoms with E-state index in [4.69, 9.17) is 4.74 Å². The quantitative estimate of drug-likeness (QED) is 0.813. The van der Waals surface area contributed by atoms with Gasteiger partial charge in [-0.2, -0.15) is 0 Å². The van der Waals surface area contributed by atoms with E-state index >= 15 is 0 Å². The number of hydrogen-bond donors (Lipinski definition) is 1. The maximum atomic E-state index is 5.37. The summed E-state index contributed by atoms with van der Waals surface area (Å²) in [6, 6.07) is 0.220. The Morgan fingerprint density at radius 3 is 3.00 bits per heavy atom. The van der Waals surface area contributed by atoms with E-state index in [1.165, 1.54) is 11.3 Å². The molecule has 0 radical (unpaired) electrons. The van der Waals surface area contributed by atoms with Crippen LogP contribution in [0.15, 0.2) is 24.4 Å². The number of aromatic nitrogens is 2. The first kappa shape index (κ1) is 10.2. The van der Waals surface area contributed by atoms with Gasteiger partial charge in [-0.25, -0.2) is 4.98 Å². The molecule has 4 heteroatoms. The minimum Gasteiger partial charge on any atom is -0.501 e. The molecule has 0 spiro atoms. The second-order valence-electron chi connectivity index (χ2n) is 3.82. The van der Waals surface area contributed by atoms with Crippen molar-refractivity contribution >= 4 is 0 Å². The monoisotopic (exact) mass is 207 g/mol. The molecule has 0 aromatic carbocycles. The zero-order valence-electron chi connectivity index (χ0n) is 9.23. The number of ether oxygens (including phenoxy) is 1. The molecule has 0 fully saturated rings. The van der Waals surface area contributed by atoms with Crippen LogP contribution in [0.3, 0.4) is 0 Å². The van der Waals surface area contributed by atoms with Crippen molar-refractivity contribution in [1.29, 1.82) is 0 Å². The Morgan fingerprint density at radius 1 is 1.60 bits per heavy atom. The molecule has 1 N–H and O–H groups in total. The first-order chi connectivity index (χ1) is 7.33. The normalized spacial score (nSPS) is 18.1. The highest BCUT2D eigenvalue weighted by Crippen LogP contribution is 2.26. The average molecular weight is 207 g/mol. The SMILES string of the molecule is CNC(C1=COCCC1)c1cncn1C. The van der Waals surface area contributed by atoms with Crippen LogP contribution in [0, 0.1) is 0 Å². The first-order valence-electron chi connectivity index (χ1n) is 5.27. The van der Waals surface area contributed by atoms with Gasteiger partial charge in [-0.05, 0) is 25.5 Å². The van der Waals surface area contributed by atoms with Crippen molar-refractivity contribution in [3.8, 4) is 0 Å². The molecule has 1 aliphatic heterocycles. The van der Waals surface area contributed by atoms with Gasteiger partial charge < -0.3 is 14.6 Å². The summed E-state index contributed by atoms with van der Waals surface area (Å²) in [5.41, 5.74) is 2.47. The summed E-state index contributed by atoms with van der Waals surface area (Å²) in [5.74, 6) is 0. The lowest BCUT2D eigenvalue weighted by Gasteiger charge is -2.23. The van der Waals surface area contributed by atoms with Crippen molar-refractivity contribution in [1.82, 2.24) is 14.9 Å². The molecule has 2 heterocycles. The van der Waals surface area contributed by atoms with Crippen molar-refractivity contribution in [2.75, 3.05) is 13.7 Å². The Bertz CT molecular complexity index is 356. The van der Waals surface area contributed by atoms with Gasteiger partial charge >= 0.3 is 0 Å². The number of nitrogens with one attached hydrogen (secondary N) is 1. The summed E-state index contributed by atoms with van der Waals surface area (Å²) in [6.07, 6.45) is 7.80. The van der Waals surface area contributed by atoms with Gasteiger partial charge in [0.2, 0.25) is 0 Å².